The van der Waals surface area contributed by atoms with Crippen LogP contribution >= 0.6 is 23.4 Å². The number of fused-ring (bicyclic) bond motifs is 1. The molecule has 126 valence electrons. The minimum atomic E-state index is 0.662. The highest BCUT2D eigenvalue weighted by molar-refractivity contribution is 7.99. The number of aromatic amines is 1. The van der Waals surface area contributed by atoms with Gasteiger partial charge in [0.25, 0.3) is 0 Å². The fourth-order valence-corrected chi connectivity index (χ4v) is 3.17. The van der Waals surface area contributed by atoms with E-state index in [0.717, 1.165) is 44.9 Å². The number of hydrogen-bond acceptors (Lipinski definition) is 4. The molecule has 0 aliphatic rings. The van der Waals surface area contributed by atoms with Crippen LogP contribution in [-0.4, -0.2) is 28.9 Å². The van der Waals surface area contributed by atoms with Gasteiger partial charge in [-0.25, -0.2) is 4.98 Å². The Bertz CT molecular complexity index is 789. The number of aromatic nitrogens is 2. The van der Waals surface area contributed by atoms with E-state index in [0.29, 0.717) is 13.2 Å². The number of ether oxygens (including phenoxy) is 2. The summed E-state index contributed by atoms with van der Waals surface area (Å²) in [5.74, 6) is 2.64. The summed E-state index contributed by atoms with van der Waals surface area (Å²) in [4.78, 5) is 7.90. The summed E-state index contributed by atoms with van der Waals surface area (Å²) in [6.07, 6.45) is 0.939. The first kappa shape index (κ1) is 17.0. The maximum atomic E-state index is 5.85. The summed E-state index contributed by atoms with van der Waals surface area (Å²) < 4.78 is 11.2. The van der Waals surface area contributed by atoms with Crippen LogP contribution in [0.5, 0.6) is 11.5 Å². The Labute approximate surface area is 150 Å². The minimum Gasteiger partial charge on any atom is -0.494 e. The Hall–Kier alpha value is -1.85. The van der Waals surface area contributed by atoms with Crippen LogP contribution in [0.4, 0.5) is 0 Å². The average molecular weight is 363 g/mol. The van der Waals surface area contributed by atoms with Crippen LogP contribution in [0.15, 0.2) is 47.6 Å². The van der Waals surface area contributed by atoms with Crippen molar-refractivity contribution in [3.8, 4) is 11.5 Å². The summed E-state index contributed by atoms with van der Waals surface area (Å²) in [5.41, 5.74) is 1.96. The first-order valence-electron chi connectivity index (χ1n) is 7.88. The first-order chi connectivity index (χ1) is 11.7. The van der Waals surface area contributed by atoms with Gasteiger partial charge in [-0.3, -0.25) is 0 Å². The smallest absolute Gasteiger partial charge is 0.166 e. The van der Waals surface area contributed by atoms with E-state index >= 15 is 0 Å². The van der Waals surface area contributed by atoms with Crippen molar-refractivity contribution in [2.45, 2.75) is 18.5 Å². The molecule has 0 unspecified atom stereocenters. The largest absolute Gasteiger partial charge is 0.494 e. The molecule has 1 aromatic heterocycles. The molecule has 0 aliphatic heterocycles. The van der Waals surface area contributed by atoms with Gasteiger partial charge in [-0.15, -0.1) is 0 Å². The van der Waals surface area contributed by atoms with Crippen LogP contribution in [0, 0.1) is 0 Å². The Kier molecular flexibility index (Phi) is 5.88. The number of halogens is 1. The van der Waals surface area contributed by atoms with E-state index in [4.69, 9.17) is 21.1 Å². The van der Waals surface area contributed by atoms with E-state index in [1.54, 1.807) is 11.8 Å². The number of imidazole rings is 1. The third-order valence-corrected chi connectivity index (χ3v) is 4.56. The third kappa shape index (κ3) is 4.58. The van der Waals surface area contributed by atoms with Gasteiger partial charge in [-0.1, -0.05) is 23.4 Å². The van der Waals surface area contributed by atoms with Gasteiger partial charge in [0.1, 0.15) is 11.5 Å². The number of hydrogen-bond donors (Lipinski definition) is 1. The number of nitrogens with zero attached hydrogens (tertiary/aromatic N) is 1. The highest BCUT2D eigenvalue weighted by Crippen LogP contribution is 2.24. The van der Waals surface area contributed by atoms with Crippen molar-refractivity contribution in [3.63, 3.8) is 0 Å². The van der Waals surface area contributed by atoms with Crippen LogP contribution in [-0.2, 0) is 0 Å². The molecule has 0 spiro atoms. The molecule has 1 N–H and O–H groups in total. The van der Waals surface area contributed by atoms with E-state index in [1.165, 1.54) is 0 Å². The number of H-pyrrole nitrogens is 1. The molecule has 1 heterocycles. The molecule has 0 amide bonds. The van der Waals surface area contributed by atoms with E-state index in [-0.39, 0.29) is 0 Å². The van der Waals surface area contributed by atoms with Crippen molar-refractivity contribution >= 4 is 34.4 Å². The lowest BCUT2D eigenvalue weighted by molar-refractivity contribution is 0.318. The molecule has 0 radical (unpaired) electrons. The topological polar surface area (TPSA) is 47.1 Å². The summed E-state index contributed by atoms with van der Waals surface area (Å²) in [6.45, 7) is 3.31. The van der Waals surface area contributed by atoms with Gasteiger partial charge in [0.15, 0.2) is 5.16 Å². The number of nitrogens with one attached hydrogen (secondary N) is 1. The van der Waals surface area contributed by atoms with Gasteiger partial charge in [-0.2, -0.15) is 0 Å². The van der Waals surface area contributed by atoms with E-state index in [2.05, 4.69) is 9.97 Å². The van der Waals surface area contributed by atoms with Crippen molar-refractivity contribution in [1.29, 1.82) is 0 Å². The second kappa shape index (κ2) is 8.31. The van der Waals surface area contributed by atoms with E-state index < -0.39 is 0 Å². The zero-order chi connectivity index (χ0) is 16.8. The average Bonchev–Trinajstić information content (AvgIpc) is 2.98. The molecule has 0 bridgehead atoms. The molecular weight excluding hydrogens is 344 g/mol. The molecule has 0 saturated heterocycles. The first-order valence-corrected chi connectivity index (χ1v) is 9.24. The maximum absolute atomic E-state index is 5.85. The quantitative estimate of drug-likeness (QED) is 0.443. The van der Waals surface area contributed by atoms with Gasteiger partial charge >= 0.3 is 0 Å². The van der Waals surface area contributed by atoms with Crippen LogP contribution in [0.3, 0.4) is 0 Å². The van der Waals surface area contributed by atoms with Gasteiger partial charge in [0.2, 0.25) is 0 Å². The molecule has 6 heteroatoms. The molecular formula is C18H19ClN2O2S. The molecule has 0 aliphatic carbocycles. The minimum absolute atomic E-state index is 0.662. The van der Waals surface area contributed by atoms with Crippen molar-refractivity contribution in [1.82, 2.24) is 9.97 Å². The number of rotatable bonds is 8. The summed E-state index contributed by atoms with van der Waals surface area (Å²) >= 11 is 7.54. The molecule has 3 rings (SSSR count). The Morgan fingerprint density at radius 1 is 1.08 bits per heavy atom. The van der Waals surface area contributed by atoms with Crippen LogP contribution in [0.2, 0.25) is 5.02 Å². The molecule has 0 fully saturated rings. The second-order valence-electron chi connectivity index (χ2n) is 5.16. The highest BCUT2D eigenvalue weighted by atomic mass is 35.5. The van der Waals surface area contributed by atoms with Crippen molar-refractivity contribution in [2.24, 2.45) is 0 Å². The van der Waals surface area contributed by atoms with E-state index in [9.17, 15) is 0 Å². The van der Waals surface area contributed by atoms with Gasteiger partial charge in [0.05, 0.1) is 24.2 Å². The van der Waals surface area contributed by atoms with Crippen molar-refractivity contribution in [2.75, 3.05) is 19.0 Å². The molecule has 0 saturated carbocycles. The normalized spacial score (nSPS) is 10.9. The lowest BCUT2D eigenvalue weighted by atomic mass is 10.3. The monoisotopic (exact) mass is 362 g/mol. The summed E-state index contributed by atoms with van der Waals surface area (Å²) in [7, 11) is 0. The Morgan fingerprint density at radius 3 is 2.67 bits per heavy atom. The number of thioether (sulfide) groups is 1. The van der Waals surface area contributed by atoms with Gasteiger partial charge < -0.3 is 14.5 Å². The molecule has 2 aromatic carbocycles. The van der Waals surface area contributed by atoms with E-state index in [1.807, 2.05) is 49.4 Å². The predicted octanol–water partition coefficient (Wildman–Crippen LogP) is 5.18. The Balaban J connectivity index is 1.46. The van der Waals surface area contributed by atoms with Gasteiger partial charge in [-0.05, 0) is 49.7 Å². The lowest BCUT2D eigenvalue weighted by Crippen LogP contribution is -1.98. The predicted molar refractivity (Wildman–Crippen MR) is 99.6 cm³/mol. The van der Waals surface area contributed by atoms with Crippen molar-refractivity contribution < 1.29 is 9.47 Å². The Morgan fingerprint density at radius 2 is 1.88 bits per heavy atom. The number of benzene rings is 2. The zero-order valence-electron chi connectivity index (χ0n) is 13.4. The maximum Gasteiger partial charge on any atom is 0.166 e. The molecule has 0 atom stereocenters. The summed E-state index contributed by atoms with van der Waals surface area (Å²) in [5, 5.41) is 1.64. The second-order valence-corrected chi connectivity index (χ2v) is 6.68. The fraction of sp³-hybridized carbons (Fsp3) is 0.278. The van der Waals surface area contributed by atoms with Crippen LogP contribution < -0.4 is 9.47 Å². The standard InChI is InChI=1S/C18H19ClN2O2S/c1-2-22-15-8-9-16-17(12-15)21-18(20-16)24-11-3-10-23-14-6-4-13(19)5-7-14/h4-9,12H,2-3,10-11H2,1H3,(H,20,21). The lowest BCUT2D eigenvalue weighted by Gasteiger charge is -2.05. The third-order valence-electron chi connectivity index (χ3n) is 3.35. The highest BCUT2D eigenvalue weighted by Gasteiger charge is 2.05. The van der Waals surface area contributed by atoms with Crippen molar-refractivity contribution in [3.05, 3.63) is 47.5 Å². The van der Waals surface area contributed by atoms with Crippen LogP contribution in [0.25, 0.3) is 11.0 Å². The zero-order valence-corrected chi connectivity index (χ0v) is 15.0. The van der Waals surface area contributed by atoms with Gasteiger partial charge in [0, 0.05) is 16.8 Å². The molecule has 4 nitrogen and oxygen atoms in total. The van der Waals surface area contributed by atoms with Crippen LogP contribution in [0.1, 0.15) is 13.3 Å². The molecule has 3 aromatic rings. The molecule has 24 heavy (non-hydrogen) atoms. The SMILES string of the molecule is CCOc1ccc2nc(SCCCOc3ccc(Cl)cc3)[nH]c2c1. The fourth-order valence-electron chi connectivity index (χ4n) is 2.24. The summed E-state index contributed by atoms with van der Waals surface area (Å²) in [6, 6.07) is 13.3.